The van der Waals surface area contributed by atoms with Gasteiger partial charge in [-0.25, -0.2) is 0 Å². The third kappa shape index (κ3) is 3.77. The first-order valence-electron chi connectivity index (χ1n) is 10.3. The van der Waals surface area contributed by atoms with E-state index < -0.39 is 11.9 Å². The summed E-state index contributed by atoms with van der Waals surface area (Å²) in [5, 5.41) is 2.30. The van der Waals surface area contributed by atoms with Crippen LogP contribution in [0.3, 0.4) is 0 Å². The molecule has 2 aliphatic heterocycles. The minimum Gasteiger partial charge on any atom is -0.322 e. The number of fused-ring (bicyclic) bond motifs is 1. The Balaban J connectivity index is 1.50. The molecule has 2 aromatic carbocycles. The molecule has 0 aliphatic carbocycles. The number of hydrogen-bond acceptors (Lipinski definition) is 4. The summed E-state index contributed by atoms with van der Waals surface area (Å²) in [5.41, 5.74) is 3.00. The number of ketones is 1. The van der Waals surface area contributed by atoms with Crippen molar-refractivity contribution in [2.24, 2.45) is 0 Å². The number of benzene rings is 2. The summed E-state index contributed by atoms with van der Waals surface area (Å²) in [6.45, 7) is 2.35. The highest BCUT2D eigenvalue weighted by molar-refractivity contribution is 6.06. The van der Waals surface area contributed by atoms with Gasteiger partial charge in [-0.2, -0.15) is 0 Å². The molecule has 0 bridgehead atoms. The Morgan fingerprint density at radius 2 is 1.90 bits per heavy atom. The van der Waals surface area contributed by atoms with E-state index in [-0.39, 0.29) is 36.5 Å². The SMILES string of the molecule is CC[C@H](CC(=O)c1ccc2c(c1)CN(C1CCC(=O)NC1=O)C2=O)c1ccccc1. The molecule has 1 fully saturated rings. The molecule has 2 aromatic rings. The van der Waals surface area contributed by atoms with Gasteiger partial charge < -0.3 is 4.90 Å². The Kier molecular flexibility index (Phi) is 5.48. The topological polar surface area (TPSA) is 83.6 Å². The van der Waals surface area contributed by atoms with E-state index in [9.17, 15) is 19.2 Å². The maximum Gasteiger partial charge on any atom is 0.255 e. The van der Waals surface area contributed by atoms with Crippen LogP contribution in [-0.2, 0) is 16.1 Å². The molecule has 1 N–H and O–H groups in total. The predicted molar refractivity (Wildman–Crippen MR) is 111 cm³/mol. The summed E-state index contributed by atoms with van der Waals surface area (Å²) in [7, 11) is 0. The number of hydrogen-bond donors (Lipinski definition) is 1. The molecule has 2 heterocycles. The molecule has 0 radical (unpaired) electrons. The van der Waals surface area contributed by atoms with E-state index in [1.54, 1.807) is 18.2 Å². The van der Waals surface area contributed by atoms with Gasteiger partial charge in [0.1, 0.15) is 6.04 Å². The summed E-state index contributed by atoms with van der Waals surface area (Å²) in [4.78, 5) is 50.8. The van der Waals surface area contributed by atoms with Gasteiger partial charge in [-0.3, -0.25) is 24.5 Å². The fraction of sp³-hybridized carbons (Fsp3) is 0.333. The van der Waals surface area contributed by atoms with E-state index >= 15 is 0 Å². The third-order valence-electron chi connectivity index (χ3n) is 6.04. The smallest absolute Gasteiger partial charge is 0.255 e. The second kappa shape index (κ2) is 8.22. The lowest BCUT2D eigenvalue weighted by atomic mass is 9.89. The van der Waals surface area contributed by atoms with Gasteiger partial charge >= 0.3 is 0 Å². The van der Waals surface area contributed by atoms with Crippen LogP contribution >= 0.6 is 0 Å². The molecule has 0 saturated carbocycles. The van der Waals surface area contributed by atoms with Crippen LogP contribution in [-0.4, -0.2) is 34.4 Å². The zero-order valence-electron chi connectivity index (χ0n) is 16.9. The molecule has 1 unspecified atom stereocenters. The molecule has 0 spiro atoms. The van der Waals surface area contributed by atoms with Crippen molar-refractivity contribution < 1.29 is 19.2 Å². The number of rotatable bonds is 6. The number of amides is 3. The number of nitrogens with zero attached hydrogens (tertiary/aromatic N) is 1. The Morgan fingerprint density at radius 1 is 1.13 bits per heavy atom. The van der Waals surface area contributed by atoms with Crippen LogP contribution < -0.4 is 5.32 Å². The summed E-state index contributed by atoms with van der Waals surface area (Å²) in [6, 6.07) is 14.5. The van der Waals surface area contributed by atoms with Gasteiger partial charge in [-0.15, -0.1) is 0 Å². The van der Waals surface area contributed by atoms with Crippen molar-refractivity contribution in [1.82, 2.24) is 10.2 Å². The quantitative estimate of drug-likeness (QED) is 0.592. The number of Topliss-reactive ketones (excluding diaryl/α,β-unsaturated/α-hetero) is 1. The normalized spacial score (nSPS) is 19.4. The highest BCUT2D eigenvalue weighted by Crippen LogP contribution is 2.30. The number of imide groups is 1. The lowest BCUT2D eigenvalue weighted by Gasteiger charge is -2.29. The standard InChI is InChI=1S/C24H24N2O4/c1-2-15(16-6-4-3-5-7-16)13-21(27)17-8-9-19-18(12-17)14-26(24(19)30)20-10-11-22(28)25-23(20)29/h3-9,12,15,20H,2,10-11,13-14H2,1H3,(H,25,28,29)/t15-,20?/m1/s1. The molecule has 2 aliphatic rings. The maximum atomic E-state index is 12.9. The second-order valence-corrected chi connectivity index (χ2v) is 7.92. The largest absolute Gasteiger partial charge is 0.322 e. The van der Waals surface area contributed by atoms with Crippen LogP contribution in [0.4, 0.5) is 0 Å². The highest BCUT2D eigenvalue weighted by atomic mass is 16.2. The molecular weight excluding hydrogens is 380 g/mol. The summed E-state index contributed by atoms with van der Waals surface area (Å²) in [6.07, 6.45) is 1.82. The number of carbonyl (C=O) groups is 4. The van der Waals surface area contributed by atoms with Crippen LogP contribution in [0.25, 0.3) is 0 Å². The van der Waals surface area contributed by atoms with Gasteiger partial charge in [0.25, 0.3) is 5.91 Å². The molecule has 0 aromatic heterocycles. The first kappa shape index (κ1) is 20.0. The van der Waals surface area contributed by atoms with Crippen molar-refractivity contribution in [1.29, 1.82) is 0 Å². The number of nitrogens with one attached hydrogen (secondary N) is 1. The maximum absolute atomic E-state index is 12.9. The average Bonchev–Trinajstić information content (AvgIpc) is 3.08. The number of carbonyl (C=O) groups excluding carboxylic acids is 4. The lowest BCUT2D eigenvalue weighted by molar-refractivity contribution is -0.136. The van der Waals surface area contributed by atoms with Gasteiger partial charge in [-0.05, 0) is 42.0 Å². The van der Waals surface area contributed by atoms with Gasteiger partial charge in [0, 0.05) is 30.5 Å². The Morgan fingerprint density at radius 3 is 2.60 bits per heavy atom. The number of piperidine rings is 1. The van der Waals surface area contributed by atoms with Crippen molar-refractivity contribution in [2.45, 2.75) is 51.1 Å². The molecule has 3 amide bonds. The molecule has 6 heteroatoms. The lowest BCUT2D eigenvalue weighted by Crippen LogP contribution is -2.52. The van der Waals surface area contributed by atoms with E-state index in [1.165, 1.54) is 4.90 Å². The Bertz CT molecular complexity index is 1020. The molecule has 4 rings (SSSR count). The zero-order valence-corrected chi connectivity index (χ0v) is 16.9. The molecular formula is C24H24N2O4. The summed E-state index contributed by atoms with van der Waals surface area (Å²) in [5.74, 6) is -0.780. The van der Waals surface area contributed by atoms with Gasteiger partial charge in [0.15, 0.2) is 5.78 Å². The van der Waals surface area contributed by atoms with Crippen LogP contribution in [0, 0.1) is 0 Å². The Labute approximate surface area is 175 Å². The van der Waals surface area contributed by atoms with E-state index in [1.807, 2.05) is 30.3 Å². The fourth-order valence-corrected chi connectivity index (χ4v) is 4.31. The minimum absolute atomic E-state index is 0.0420. The van der Waals surface area contributed by atoms with Crippen LogP contribution in [0.1, 0.15) is 70.4 Å². The van der Waals surface area contributed by atoms with Gasteiger partial charge in [0.05, 0.1) is 0 Å². The van der Waals surface area contributed by atoms with Crippen molar-refractivity contribution in [3.8, 4) is 0 Å². The monoisotopic (exact) mass is 404 g/mol. The van der Waals surface area contributed by atoms with Crippen molar-refractivity contribution in [3.05, 3.63) is 70.8 Å². The second-order valence-electron chi connectivity index (χ2n) is 7.92. The Hall–Kier alpha value is -3.28. The van der Waals surface area contributed by atoms with E-state index in [0.29, 0.717) is 24.0 Å². The highest BCUT2D eigenvalue weighted by Gasteiger charge is 2.39. The first-order valence-corrected chi connectivity index (χ1v) is 10.3. The first-order chi connectivity index (χ1) is 14.5. The van der Waals surface area contributed by atoms with E-state index in [4.69, 9.17) is 0 Å². The van der Waals surface area contributed by atoms with E-state index in [0.717, 1.165) is 17.5 Å². The third-order valence-corrected chi connectivity index (χ3v) is 6.04. The molecule has 1 saturated heterocycles. The van der Waals surface area contributed by atoms with Crippen LogP contribution in [0.2, 0.25) is 0 Å². The molecule has 30 heavy (non-hydrogen) atoms. The minimum atomic E-state index is -0.649. The van der Waals surface area contributed by atoms with Gasteiger partial charge in [0.2, 0.25) is 11.8 Å². The van der Waals surface area contributed by atoms with Crippen LogP contribution in [0.15, 0.2) is 48.5 Å². The molecule has 6 nitrogen and oxygen atoms in total. The van der Waals surface area contributed by atoms with Crippen molar-refractivity contribution in [3.63, 3.8) is 0 Å². The molecule has 2 atom stereocenters. The summed E-state index contributed by atoms with van der Waals surface area (Å²) < 4.78 is 0. The zero-order chi connectivity index (χ0) is 21.3. The van der Waals surface area contributed by atoms with E-state index in [2.05, 4.69) is 12.2 Å². The summed E-state index contributed by atoms with van der Waals surface area (Å²) >= 11 is 0. The van der Waals surface area contributed by atoms with Gasteiger partial charge in [-0.1, -0.05) is 43.3 Å². The fourth-order valence-electron chi connectivity index (χ4n) is 4.31. The average molecular weight is 404 g/mol. The van der Waals surface area contributed by atoms with Crippen molar-refractivity contribution >= 4 is 23.5 Å². The predicted octanol–water partition coefficient (Wildman–Crippen LogP) is 3.21. The van der Waals surface area contributed by atoms with Crippen LogP contribution in [0.5, 0.6) is 0 Å². The van der Waals surface area contributed by atoms with Crippen molar-refractivity contribution in [2.75, 3.05) is 0 Å². The molecule has 154 valence electrons.